The zero-order valence-electron chi connectivity index (χ0n) is 17.2. The number of nitrogens with one attached hydrogen (secondary N) is 2. The van der Waals surface area contributed by atoms with E-state index in [1.807, 2.05) is 46.4 Å². The fourth-order valence-electron chi connectivity index (χ4n) is 3.34. The van der Waals surface area contributed by atoms with Crippen LogP contribution in [0.15, 0.2) is 90.6 Å². The lowest BCUT2D eigenvalue weighted by Gasteiger charge is -2.09. The Morgan fingerprint density at radius 2 is 1.58 bits per heavy atom. The molecule has 0 aliphatic carbocycles. The van der Waals surface area contributed by atoms with E-state index in [9.17, 15) is 14.0 Å². The summed E-state index contributed by atoms with van der Waals surface area (Å²) in [6.07, 6.45) is 3.92. The number of hydrogen-bond acceptors (Lipinski definition) is 4. The van der Waals surface area contributed by atoms with E-state index in [1.54, 1.807) is 35.6 Å². The number of rotatable bonds is 5. The number of imidazole rings is 1. The molecule has 3 aromatic carbocycles. The highest BCUT2D eigenvalue weighted by Crippen LogP contribution is 2.23. The zero-order valence-corrected chi connectivity index (χ0v) is 18.0. The minimum atomic E-state index is -0.414. The maximum absolute atomic E-state index is 13.1. The van der Waals surface area contributed by atoms with Crippen LogP contribution in [0.5, 0.6) is 0 Å². The van der Waals surface area contributed by atoms with Crippen molar-refractivity contribution in [2.24, 2.45) is 0 Å². The van der Waals surface area contributed by atoms with Gasteiger partial charge in [-0.3, -0.25) is 14.0 Å². The van der Waals surface area contributed by atoms with Gasteiger partial charge in [-0.2, -0.15) is 0 Å². The molecule has 162 valence electrons. The largest absolute Gasteiger partial charge is 0.322 e. The Hall–Kier alpha value is -4.30. The summed E-state index contributed by atoms with van der Waals surface area (Å²) in [4.78, 5) is 30.6. The molecule has 0 saturated carbocycles. The summed E-state index contributed by atoms with van der Waals surface area (Å²) in [7, 11) is 0. The summed E-state index contributed by atoms with van der Waals surface area (Å²) >= 11 is 1.57. The normalized spacial score (nSPS) is 10.8. The molecule has 0 spiro atoms. The van der Waals surface area contributed by atoms with E-state index >= 15 is 0 Å². The minimum absolute atomic E-state index is 0.303. The van der Waals surface area contributed by atoms with Gasteiger partial charge in [-0.25, -0.2) is 9.37 Å². The highest BCUT2D eigenvalue weighted by molar-refractivity contribution is 7.15. The van der Waals surface area contributed by atoms with Crippen molar-refractivity contribution in [3.8, 4) is 11.3 Å². The molecule has 6 nitrogen and oxygen atoms in total. The molecule has 0 saturated heterocycles. The quantitative estimate of drug-likeness (QED) is 0.356. The lowest BCUT2D eigenvalue weighted by atomic mass is 10.1. The second-order valence-electron chi connectivity index (χ2n) is 7.29. The third-order valence-electron chi connectivity index (χ3n) is 5.02. The Morgan fingerprint density at radius 1 is 0.848 bits per heavy atom. The van der Waals surface area contributed by atoms with Gasteiger partial charge < -0.3 is 10.6 Å². The van der Waals surface area contributed by atoms with Crippen LogP contribution in [0.2, 0.25) is 0 Å². The van der Waals surface area contributed by atoms with Crippen LogP contribution in [0.4, 0.5) is 15.8 Å². The smallest absolute Gasteiger partial charge is 0.255 e. The molecule has 0 aliphatic rings. The first kappa shape index (κ1) is 20.6. The second-order valence-corrected chi connectivity index (χ2v) is 8.17. The molecular formula is C25H17FN4O2S. The Balaban J connectivity index is 1.26. The fourth-order valence-corrected chi connectivity index (χ4v) is 4.04. The van der Waals surface area contributed by atoms with Crippen molar-refractivity contribution in [3.63, 3.8) is 0 Å². The maximum atomic E-state index is 13.1. The van der Waals surface area contributed by atoms with Crippen molar-refractivity contribution >= 4 is 39.5 Å². The van der Waals surface area contributed by atoms with Gasteiger partial charge in [-0.05, 0) is 54.6 Å². The van der Waals surface area contributed by atoms with Crippen LogP contribution in [-0.4, -0.2) is 21.2 Å². The molecule has 2 amide bonds. The van der Waals surface area contributed by atoms with Gasteiger partial charge in [-0.1, -0.05) is 18.2 Å². The summed E-state index contributed by atoms with van der Waals surface area (Å²) in [5.41, 5.74) is 3.64. The van der Waals surface area contributed by atoms with Crippen LogP contribution in [0.1, 0.15) is 20.7 Å². The average molecular weight is 457 g/mol. The van der Waals surface area contributed by atoms with Gasteiger partial charge in [0.25, 0.3) is 11.8 Å². The van der Waals surface area contributed by atoms with Crippen LogP contribution in [-0.2, 0) is 0 Å². The molecule has 0 fully saturated rings. The Kier molecular flexibility index (Phi) is 5.42. The van der Waals surface area contributed by atoms with E-state index in [4.69, 9.17) is 0 Å². The van der Waals surface area contributed by atoms with E-state index in [-0.39, 0.29) is 11.8 Å². The predicted molar refractivity (Wildman–Crippen MR) is 127 cm³/mol. The molecule has 0 radical (unpaired) electrons. The van der Waals surface area contributed by atoms with Crippen LogP contribution in [0.25, 0.3) is 16.2 Å². The van der Waals surface area contributed by atoms with Crippen molar-refractivity contribution in [2.45, 2.75) is 0 Å². The predicted octanol–water partition coefficient (Wildman–Crippen LogP) is 5.71. The molecule has 0 unspecified atom stereocenters. The molecular weight excluding hydrogens is 439 g/mol. The van der Waals surface area contributed by atoms with Gasteiger partial charge in [0.2, 0.25) is 0 Å². The lowest BCUT2D eigenvalue weighted by Crippen LogP contribution is -2.14. The van der Waals surface area contributed by atoms with Gasteiger partial charge in [0.1, 0.15) is 5.82 Å². The minimum Gasteiger partial charge on any atom is -0.322 e. The van der Waals surface area contributed by atoms with Gasteiger partial charge in [-0.15, -0.1) is 11.3 Å². The van der Waals surface area contributed by atoms with Gasteiger partial charge in [0.05, 0.1) is 5.69 Å². The van der Waals surface area contributed by atoms with E-state index in [0.717, 1.165) is 16.2 Å². The first-order valence-corrected chi connectivity index (χ1v) is 10.9. The first-order chi connectivity index (χ1) is 16.0. The number of aromatic nitrogens is 2. The molecule has 0 bridgehead atoms. The van der Waals surface area contributed by atoms with Crippen molar-refractivity contribution in [1.29, 1.82) is 0 Å². The summed E-state index contributed by atoms with van der Waals surface area (Å²) in [5, 5.41) is 7.56. The van der Waals surface area contributed by atoms with Gasteiger partial charge >= 0.3 is 0 Å². The molecule has 2 aromatic heterocycles. The molecule has 0 aliphatic heterocycles. The number of benzene rings is 3. The SMILES string of the molecule is O=C(Nc1cccc(C(=O)Nc2ccc(-c3cn4ccsc4n3)cc2)c1)c1ccc(F)cc1. The summed E-state index contributed by atoms with van der Waals surface area (Å²) in [5.74, 6) is -1.10. The van der Waals surface area contributed by atoms with E-state index < -0.39 is 5.82 Å². The lowest BCUT2D eigenvalue weighted by molar-refractivity contribution is 0.101. The van der Waals surface area contributed by atoms with Crippen LogP contribution in [0.3, 0.4) is 0 Å². The topological polar surface area (TPSA) is 75.5 Å². The zero-order chi connectivity index (χ0) is 22.8. The van der Waals surface area contributed by atoms with Crippen molar-refractivity contribution in [2.75, 3.05) is 10.6 Å². The summed E-state index contributed by atoms with van der Waals surface area (Å²) < 4.78 is 15.0. The van der Waals surface area contributed by atoms with Crippen LogP contribution < -0.4 is 10.6 Å². The van der Waals surface area contributed by atoms with Crippen molar-refractivity contribution < 1.29 is 14.0 Å². The van der Waals surface area contributed by atoms with Crippen LogP contribution >= 0.6 is 11.3 Å². The first-order valence-electron chi connectivity index (χ1n) is 10.1. The monoisotopic (exact) mass is 456 g/mol. The molecule has 2 N–H and O–H groups in total. The maximum Gasteiger partial charge on any atom is 0.255 e. The highest BCUT2D eigenvalue weighted by Gasteiger charge is 2.11. The molecule has 0 atom stereocenters. The third kappa shape index (κ3) is 4.51. The number of nitrogens with zero attached hydrogens (tertiary/aromatic N) is 2. The molecule has 5 aromatic rings. The Labute approximate surface area is 192 Å². The van der Waals surface area contributed by atoms with Gasteiger partial charge in [0, 0.05) is 45.8 Å². The Morgan fingerprint density at radius 3 is 2.33 bits per heavy atom. The number of carbonyl (C=O) groups excluding carboxylic acids is 2. The number of halogens is 1. The van der Waals surface area contributed by atoms with Crippen molar-refractivity contribution in [1.82, 2.24) is 9.38 Å². The summed E-state index contributed by atoms with van der Waals surface area (Å²) in [6.45, 7) is 0. The van der Waals surface area contributed by atoms with E-state index in [2.05, 4.69) is 15.6 Å². The van der Waals surface area contributed by atoms with E-state index in [0.29, 0.717) is 22.5 Å². The number of fused-ring (bicyclic) bond motifs is 1. The summed E-state index contributed by atoms with van der Waals surface area (Å²) in [6, 6.07) is 19.3. The molecule has 2 heterocycles. The number of hydrogen-bond donors (Lipinski definition) is 2. The number of anilines is 2. The van der Waals surface area contributed by atoms with Crippen molar-refractivity contribution in [3.05, 3.63) is 108 Å². The number of thiazole rings is 1. The standard InChI is InChI=1S/C25H17FN4O2S/c26-19-8-4-17(5-9-19)23(31)28-21-3-1-2-18(14-21)24(32)27-20-10-6-16(7-11-20)22-15-30-12-13-33-25(30)29-22/h1-15H,(H,27,32)(H,28,31). The second kappa shape index (κ2) is 8.68. The fraction of sp³-hybridized carbons (Fsp3) is 0. The molecule has 5 rings (SSSR count). The number of carbonyl (C=O) groups is 2. The third-order valence-corrected chi connectivity index (χ3v) is 5.79. The molecule has 8 heteroatoms. The van der Waals surface area contributed by atoms with E-state index in [1.165, 1.54) is 24.3 Å². The highest BCUT2D eigenvalue weighted by atomic mass is 32.1. The van der Waals surface area contributed by atoms with Crippen LogP contribution in [0, 0.1) is 5.82 Å². The molecule has 33 heavy (non-hydrogen) atoms. The van der Waals surface area contributed by atoms with Gasteiger partial charge in [0.15, 0.2) is 4.96 Å². The number of amides is 2. The Bertz CT molecular complexity index is 1430. The average Bonchev–Trinajstić information content (AvgIpc) is 3.43.